The van der Waals surface area contributed by atoms with Crippen LogP contribution >= 0.6 is 0 Å². The molecule has 8 heteroatoms. The molecule has 0 fully saturated rings. The first-order chi connectivity index (χ1) is 15.6. The third-order valence-corrected chi connectivity index (χ3v) is 6.62. The van der Waals surface area contributed by atoms with Gasteiger partial charge in [-0.1, -0.05) is 48.0 Å². The van der Waals surface area contributed by atoms with Crippen LogP contribution in [-0.4, -0.2) is 49.5 Å². The first-order valence-corrected chi connectivity index (χ1v) is 13.2. The van der Waals surface area contributed by atoms with Crippen LogP contribution in [0.3, 0.4) is 0 Å². The van der Waals surface area contributed by atoms with Gasteiger partial charge in [-0.2, -0.15) is 0 Å². The molecule has 0 aliphatic carbocycles. The van der Waals surface area contributed by atoms with Crippen LogP contribution in [0.4, 0.5) is 5.69 Å². The number of hydrogen-bond acceptors (Lipinski definition) is 4. The Morgan fingerprint density at radius 3 is 1.97 bits per heavy atom. The number of rotatable bonds is 8. The smallest absolute Gasteiger partial charge is 0.244 e. The minimum Gasteiger partial charge on any atom is -0.350 e. The number of carbonyl (C=O) groups excluding carboxylic acids is 2. The molecule has 0 saturated heterocycles. The van der Waals surface area contributed by atoms with Crippen molar-refractivity contribution >= 4 is 27.5 Å². The molecular formula is C26H37N3O4S. The average molecular weight is 488 g/mol. The van der Waals surface area contributed by atoms with E-state index in [9.17, 15) is 18.0 Å². The SMILES string of the molecule is Cc1ccc(CN(C(=O)CN(c2c(C)cccc2C)S(C)(=O)=O)[C@@H](C)C(=O)NC(C)(C)C)cc1. The minimum absolute atomic E-state index is 0.183. The fourth-order valence-corrected chi connectivity index (χ4v) is 4.69. The summed E-state index contributed by atoms with van der Waals surface area (Å²) < 4.78 is 26.7. The standard InChI is InChI=1S/C26H37N3O4S/c1-18-12-14-22(15-13-18)16-28(21(4)25(31)27-26(5,6)7)23(30)17-29(34(8,32)33)24-19(2)10-9-11-20(24)3/h9-15,21H,16-17H2,1-8H3,(H,27,31)/t21-/m0/s1. The van der Waals surface area contributed by atoms with E-state index in [2.05, 4.69) is 5.32 Å². The molecule has 34 heavy (non-hydrogen) atoms. The van der Waals surface area contributed by atoms with Crippen LogP contribution in [0.25, 0.3) is 0 Å². The number of aryl methyl sites for hydroxylation is 3. The van der Waals surface area contributed by atoms with Crippen molar-refractivity contribution in [3.8, 4) is 0 Å². The molecule has 2 amide bonds. The summed E-state index contributed by atoms with van der Waals surface area (Å²) >= 11 is 0. The van der Waals surface area contributed by atoms with Crippen molar-refractivity contribution in [1.82, 2.24) is 10.2 Å². The third-order valence-electron chi connectivity index (χ3n) is 5.51. The molecule has 2 aromatic carbocycles. The number of nitrogens with one attached hydrogen (secondary N) is 1. The van der Waals surface area contributed by atoms with Crippen LogP contribution in [0.15, 0.2) is 42.5 Å². The molecule has 0 radical (unpaired) electrons. The predicted octanol–water partition coefficient (Wildman–Crippen LogP) is 3.71. The van der Waals surface area contributed by atoms with E-state index in [0.717, 1.165) is 32.8 Å². The highest BCUT2D eigenvalue weighted by Gasteiger charge is 2.32. The molecule has 7 nitrogen and oxygen atoms in total. The number of hydrogen-bond donors (Lipinski definition) is 1. The summed E-state index contributed by atoms with van der Waals surface area (Å²) in [6.45, 7) is 12.7. The van der Waals surface area contributed by atoms with Crippen LogP contribution in [-0.2, 0) is 26.2 Å². The lowest BCUT2D eigenvalue weighted by atomic mass is 10.1. The lowest BCUT2D eigenvalue weighted by Crippen LogP contribution is -2.54. The summed E-state index contributed by atoms with van der Waals surface area (Å²) in [5.74, 6) is -0.754. The zero-order valence-electron chi connectivity index (χ0n) is 21.5. The van der Waals surface area contributed by atoms with Crippen LogP contribution in [0, 0.1) is 20.8 Å². The number of nitrogens with zero attached hydrogens (tertiary/aromatic N) is 2. The van der Waals surface area contributed by atoms with Crippen LogP contribution < -0.4 is 9.62 Å². The van der Waals surface area contributed by atoms with Crippen molar-refractivity contribution in [3.63, 3.8) is 0 Å². The Balaban J connectivity index is 2.45. The summed E-state index contributed by atoms with van der Waals surface area (Å²) in [7, 11) is -3.76. The van der Waals surface area contributed by atoms with Crippen LogP contribution in [0.2, 0.25) is 0 Å². The largest absolute Gasteiger partial charge is 0.350 e. The molecule has 0 bridgehead atoms. The average Bonchev–Trinajstić information content (AvgIpc) is 2.69. The Bertz CT molecular complexity index is 1120. The van der Waals surface area contributed by atoms with Gasteiger partial charge in [0.1, 0.15) is 12.6 Å². The highest BCUT2D eigenvalue weighted by atomic mass is 32.2. The molecule has 0 aromatic heterocycles. The molecule has 0 unspecified atom stereocenters. The predicted molar refractivity (Wildman–Crippen MR) is 137 cm³/mol. The van der Waals surface area contributed by atoms with Gasteiger partial charge in [0.15, 0.2) is 0 Å². The Kier molecular flexibility index (Phi) is 8.53. The maximum atomic E-state index is 13.6. The number of sulfonamides is 1. The fraction of sp³-hybridized carbons (Fsp3) is 0.462. The molecule has 1 N–H and O–H groups in total. The molecule has 0 saturated carbocycles. The van der Waals surface area contributed by atoms with Gasteiger partial charge in [-0.05, 0) is 65.2 Å². The highest BCUT2D eigenvalue weighted by molar-refractivity contribution is 7.92. The lowest BCUT2D eigenvalue weighted by molar-refractivity contribution is -0.140. The molecule has 186 valence electrons. The van der Waals surface area contributed by atoms with Gasteiger partial charge in [-0.25, -0.2) is 8.42 Å². The van der Waals surface area contributed by atoms with Crippen molar-refractivity contribution in [2.45, 2.75) is 66.6 Å². The number of benzene rings is 2. The van der Waals surface area contributed by atoms with E-state index in [1.54, 1.807) is 6.92 Å². The number of carbonyl (C=O) groups is 2. The van der Waals surface area contributed by atoms with Crippen molar-refractivity contribution in [2.24, 2.45) is 0 Å². The summed E-state index contributed by atoms with van der Waals surface area (Å²) in [5, 5.41) is 2.92. The van der Waals surface area contributed by atoms with Gasteiger partial charge in [0.2, 0.25) is 21.8 Å². The second-order valence-electron chi connectivity index (χ2n) is 9.93. The van der Waals surface area contributed by atoms with E-state index < -0.39 is 34.1 Å². The van der Waals surface area contributed by atoms with Gasteiger partial charge >= 0.3 is 0 Å². The van der Waals surface area contributed by atoms with Crippen molar-refractivity contribution < 1.29 is 18.0 Å². The molecule has 0 aliphatic heterocycles. The number of para-hydroxylation sites is 1. The topological polar surface area (TPSA) is 86.8 Å². The quantitative estimate of drug-likeness (QED) is 0.615. The maximum Gasteiger partial charge on any atom is 0.244 e. The molecule has 2 aromatic rings. The highest BCUT2D eigenvalue weighted by Crippen LogP contribution is 2.27. The van der Waals surface area contributed by atoms with E-state index >= 15 is 0 Å². The fourth-order valence-electron chi connectivity index (χ4n) is 3.72. The Hall–Kier alpha value is -2.87. The Morgan fingerprint density at radius 1 is 0.971 bits per heavy atom. The summed E-state index contributed by atoms with van der Waals surface area (Å²) in [6.07, 6.45) is 1.09. The number of anilines is 1. The van der Waals surface area contributed by atoms with Gasteiger partial charge in [0.05, 0.1) is 11.9 Å². The van der Waals surface area contributed by atoms with E-state index in [0.29, 0.717) is 5.69 Å². The van der Waals surface area contributed by atoms with Crippen LogP contribution in [0.1, 0.15) is 49.9 Å². The second-order valence-corrected chi connectivity index (χ2v) is 11.8. The summed E-state index contributed by atoms with van der Waals surface area (Å²) in [5.41, 5.74) is 3.45. The Labute approximate surface area is 204 Å². The second kappa shape index (κ2) is 10.6. The minimum atomic E-state index is -3.76. The van der Waals surface area contributed by atoms with Gasteiger partial charge in [0, 0.05) is 12.1 Å². The maximum absolute atomic E-state index is 13.6. The van der Waals surface area contributed by atoms with E-state index in [1.807, 2.05) is 84.0 Å². The normalized spacial score (nSPS) is 12.7. The molecule has 0 spiro atoms. The first kappa shape index (κ1) is 27.4. The Morgan fingerprint density at radius 2 is 1.50 bits per heavy atom. The molecule has 0 aliphatic rings. The molecule has 1 atom stereocenters. The monoisotopic (exact) mass is 487 g/mol. The van der Waals surface area contributed by atoms with Gasteiger partial charge in [-0.3, -0.25) is 13.9 Å². The number of amides is 2. The molecule has 2 rings (SSSR count). The van der Waals surface area contributed by atoms with Crippen molar-refractivity contribution in [1.29, 1.82) is 0 Å². The lowest BCUT2D eigenvalue weighted by Gasteiger charge is -2.33. The van der Waals surface area contributed by atoms with Crippen molar-refractivity contribution in [2.75, 3.05) is 17.1 Å². The van der Waals surface area contributed by atoms with E-state index in [1.165, 1.54) is 4.90 Å². The zero-order valence-corrected chi connectivity index (χ0v) is 22.3. The van der Waals surface area contributed by atoms with Gasteiger partial charge < -0.3 is 10.2 Å². The molecular weight excluding hydrogens is 450 g/mol. The first-order valence-electron chi connectivity index (χ1n) is 11.3. The third kappa shape index (κ3) is 7.32. The van der Waals surface area contributed by atoms with Crippen LogP contribution in [0.5, 0.6) is 0 Å². The molecule has 0 heterocycles. The van der Waals surface area contributed by atoms with Gasteiger partial charge in [0.25, 0.3) is 0 Å². The summed E-state index contributed by atoms with van der Waals surface area (Å²) in [6, 6.07) is 12.4. The van der Waals surface area contributed by atoms with E-state index in [-0.39, 0.29) is 12.5 Å². The summed E-state index contributed by atoms with van der Waals surface area (Å²) in [4.78, 5) is 28.0. The van der Waals surface area contributed by atoms with Crippen molar-refractivity contribution in [3.05, 3.63) is 64.7 Å². The van der Waals surface area contributed by atoms with Gasteiger partial charge in [-0.15, -0.1) is 0 Å². The zero-order chi connectivity index (χ0) is 25.8. The van der Waals surface area contributed by atoms with E-state index in [4.69, 9.17) is 0 Å².